The summed E-state index contributed by atoms with van der Waals surface area (Å²) in [6.45, 7) is 2.92. The molecular formula is C16H20FN3O2S. The minimum Gasteiger partial charge on any atom is -0.383 e. The highest BCUT2D eigenvalue weighted by Crippen LogP contribution is 2.29. The molecule has 0 fully saturated rings. The van der Waals surface area contributed by atoms with Gasteiger partial charge in [-0.25, -0.2) is 4.39 Å². The van der Waals surface area contributed by atoms with Gasteiger partial charge in [-0.2, -0.15) is 0 Å². The van der Waals surface area contributed by atoms with Gasteiger partial charge in [0.05, 0.1) is 13.2 Å². The summed E-state index contributed by atoms with van der Waals surface area (Å²) in [7, 11) is 1.60. The van der Waals surface area contributed by atoms with E-state index in [1.54, 1.807) is 24.1 Å². The molecule has 0 unspecified atom stereocenters. The molecule has 1 amide bonds. The van der Waals surface area contributed by atoms with Crippen LogP contribution in [0.3, 0.4) is 0 Å². The first-order valence-corrected chi connectivity index (χ1v) is 8.36. The summed E-state index contributed by atoms with van der Waals surface area (Å²) in [5.41, 5.74) is 0.780. The van der Waals surface area contributed by atoms with E-state index < -0.39 is 0 Å². The van der Waals surface area contributed by atoms with Crippen molar-refractivity contribution in [2.75, 3.05) is 25.2 Å². The topological polar surface area (TPSA) is 55.3 Å². The van der Waals surface area contributed by atoms with Gasteiger partial charge < -0.3 is 4.74 Å². The van der Waals surface area contributed by atoms with Crippen molar-refractivity contribution in [3.63, 3.8) is 0 Å². The molecule has 0 N–H and O–H groups in total. The number of rotatable bonds is 8. The van der Waals surface area contributed by atoms with Crippen LogP contribution in [0.1, 0.15) is 26.2 Å². The Morgan fingerprint density at radius 2 is 2.04 bits per heavy atom. The Hall–Kier alpha value is -1.86. The summed E-state index contributed by atoms with van der Waals surface area (Å²) in [6.07, 6.45) is 2.28. The number of carbonyl (C=O) groups is 1. The van der Waals surface area contributed by atoms with Gasteiger partial charge in [-0.3, -0.25) is 9.69 Å². The standard InChI is InChI=1S/C16H20FN3O2S/c1-3-4-5-14(21)20(10-11-22-2)16-19-18-15(23-16)12-6-8-13(17)9-7-12/h6-9H,3-5,10-11H2,1-2H3. The number of unbranched alkanes of at least 4 members (excludes halogenated alkanes) is 1. The fourth-order valence-corrected chi connectivity index (χ4v) is 2.90. The quantitative estimate of drug-likeness (QED) is 0.740. The first-order chi connectivity index (χ1) is 11.2. The fraction of sp³-hybridized carbons (Fsp3) is 0.438. The summed E-state index contributed by atoms with van der Waals surface area (Å²) in [6, 6.07) is 6.06. The van der Waals surface area contributed by atoms with E-state index in [2.05, 4.69) is 10.2 Å². The molecule has 1 aromatic heterocycles. The first kappa shape index (κ1) is 17.5. The zero-order valence-corrected chi connectivity index (χ0v) is 14.1. The smallest absolute Gasteiger partial charge is 0.228 e. The molecule has 7 heteroatoms. The van der Waals surface area contributed by atoms with Gasteiger partial charge >= 0.3 is 0 Å². The van der Waals surface area contributed by atoms with Crippen LogP contribution in [0.25, 0.3) is 10.6 Å². The highest BCUT2D eigenvalue weighted by molar-refractivity contribution is 7.18. The van der Waals surface area contributed by atoms with E-state index in [1.165, 1.54) is 23.5 Å². The van der Waals surface area contributed by atoms with Gasteiger partial charge in [-0.1, -0.05) is 24.7 Å². The van der Waals surface area contributed by atoms with Crippen molar-refractivity contribution >= 4 is 22.4 Å². The van der Waals surface area contributed by atoms with E-state index >= 15 is 0 Å². The maximum atomic E-state index is 13.0. The van der Waals surface area contributed by atoms with E-state index in [9.17, 15) is 9.18 Å². The van der Waals surface area contributed by atoms with Gasteiger partial charge in [0.15, 0.2) is 0 Å². The number of anilines is 1. The number of ether oxygens (including phenoxy) is 1. The number of aromatic nitrogens is 2. The van der Waals surface area contributed by atoms with Crippen molar-refractivity contribution in [2.45, 2.75) is 26.2 Å². The largest absolute Gasteiger partial charge is 0.383 e. The molecule has 124 valence electrons. The summed E-state index contributed by atoms with van der Waals surface area (Å²) in [5.74, 6) is -0.277. The van der Waals surface area contributed by atoms with Crippen LogP contribution in [0.15, 0.2) is 24.3 Å². The maximum absolute atomic E-state index is 13.0. The Morgan fingerprint density at radius 3 is 2.70 bits per heavy atom. The Labute approximate surface area is 139 Å². The van der Waals surface area contributed by atoms with E-state index in [0.29, 0.717) is 29.7 Å². The van der Waals surface area contributed by atoms with Crippen molar-refractivity contribution < 1.29 is 13.9 Å². The van der Waals surface area contributed by atoms with Crippen LogP contribution in [0.4, 0.5) is 9.52 Å². The second-order valence-corrected chi connectivity index (χ2v) is 5.99. The number of amides is 1. The highest BCUT2D eigenvalue weighted by atomic mass is 32.1. The molecule has 23 heavy (non-hydrogen) atoms. The third-order valence-electron chi connectivity index (χ3n) is 3.30. The van der Waals surface area contributed by atoms with Gasteiger partial charge in [0.1, 0.15) is 10.8 Å². The van der Waals surface area contributed by atoms with E-state index in [0.717, 1.165) is 18.4 Å². The normalized spacial score (nSPS) is 10.7. The summed E-state index contributed by atoms with van der Waals surface area (Å²) in [5, 5.41) is 9.44. The van der Waals surface area contributed by atoms with Crippen LogP contribution in [-0.2, 0) is 9.53 Å². The lowest BCUT2D eigenvalue weighted by molar-refractivity contribution is -0.118. The predicted octanol–water partition coefficient (Wildman–Crippen LogP) is 3.51. The summed E-state index contributed by atoms with van der Waals surface area (Å²) < 4.78 is 18.1. The molecule has 0 radical (unpaired) electrons. The third kappa shape index (κ3) is 4.80. The average Bonchev–Trinajstić information content (AvgIpc) is 3.03. The fourth-order valence-electron chi connectivity index (χ4n) is 2.01. The number of nitrogens with zero attached hydrogens (tertiary/aromatic N) is 3. The molecule has 0 bridgehead atoms. The molecule has 1 aromatic carbocycles. The van der Waals surface area contributed by atoms with E-state index in [-0.39, 0.29) is 11.7 Å². The molecule has 0 spiro atoms. The number of carbonyl (C=O) groups excluding carboxylic acids is 1. The van der Waals surface area contributed by atoms with Crippen LogP contribution >= 0.6 is 11.3 Å². The predicted molar refractivity (Wildman–Crippen MR) is 89.1 cm³/mol. The van der Waals surface area contributed by atoms with E-state index in [4.69, 9.17) is 4.74 Å². The van der Waals surface area contributed by atoms with Crippen molar-refractivity contribution in [1.29, 1.82) is 0 Å². The Balaban J connectivity index is 2.18. The average molecular weight is 337 g/mol. The molecule has 0 aliphatic rings. The second kappa shape index (κ2) is 8.69. The van der Waals surface area contributed by atoms with Crippen molar-refractivity contribution in [2.24, 2.45) is 0 Å². The number of hydrogen-bond acceptors (Lipinski definition) is 5. The maximum Gasteiger partial charge on any atom is 0.228 e. The van der Waals surface area contributed by atoms with Crippen molar-refractivity contribution in [1.82, 2.24) is 10.2 Å². The summed E-state index contributed by atoms with van der Waals surface area (Å²) in [4.78, 5) is 14.0. The van der Waals surface area contributed by atoms with Gasteiger partial charge in [-0.05, 0) is 30.7 Å². The monoisotopic (exact) mass is 337 g/mol. The van der Waals surface area contributed by atoms with Crippen LogP contribution < -0.4 is 4.90 Å². The van der Waals surface area contributed by atoms with Crippen molar-refractivity contribution in [3.8, 4) is 10.6 Å². The lowest BCUT2D eigenvalue weighted by Crippen LogP contribution is -2.33. The number of benzene rings is 1. The molecule has 0 aliphatic heterocycles. The van der Waals surface area contributed by atoms with Gasteiger partial charge in [0.25, 0.3) is 0 Å². The van der Waals surface area contributed by atoms with Crippen LogP contribution in [0, 0.1) is 5.82 Å². The SMILES string of the molecule is CCCCC(=O)N(CCOC)c1nnc(-c2ccc(F)cc2)s1. The molecular weight excluding hydrogens is 317 g/mol. The van der Waals surface area contributed by atoms with Crippen molar-refractivity contribution in [3.05, 3.63) is 30.1 Å². The van der Waals surface area contributed by atoms with Crippen LogP contribution in [-0.4, -0.2) is 36.4 Å². The van der Waals surface area contributed by atoms with Crippen LogP contribution in [0.2, 0.25) is 0 Å². The zero-order valence-electron chi connectivity index (χ0n) is 13.3. The first-order valence-electron chi connectivity index (χ1n) is 7.54. The molecule has 5 nitrogen and oxygen atoms in total. The molecule has 0 atom stereocenters. The van der Waals surface area contributed by atoms with Gasteiger partial charge in [0, 0.05) is 19.1 Å². The minimum absolute atomic E-state index is 0.0192. The summed E-state index contributed by atoms with van der Waals surface area (Å²) >= 11 is 1.32. The van der Waals surface area contributed by atoms with E-state index in [1.807, 2.05) is 6.92 Å². The highest BCUT2D eigenvalue weighted by Gasteiger charge is 2.19. The van der Waals surface area contributed by atoms with Gasteiger partial charge in [0.2, 0.25) is 11.0 Å². The molecule has 0 saturated heterocycles. The molecule has 0 aliphatic carbocycles. The zero-order chi connectivity index (χ0) is 16.7. The minimum atomic E-state index is -0.296. The molecule has 2 rings (SSSR count). The lowest BCUT2D eigenvalue weighted by atomic mass is 10.2. The van der Waals surface area contributed by atoms with Crippen LogP contribution in [0.5, 0.6) is 0 Å². The number of hydrogen-bond donors (Lipinski definition) is 0. The Kier molecular flexibility index (Phi) is 6.61. The number of methoxy groups -OCH3 is 1. The number of halogens is 1. The lowest BCUT2D eigenvalue weighted by Gasteiger charge is -2.18. The Bertz CT molecular complexity index is 631. The Morgan fingerprint density at radius 1 is 1.30 bits per heavy atom. The van der Waals surface area contributed by atoms with Gasteiger partial charge in [-0.15, -0.1) is 10.2 Å². The molecule has 0 saturated carbocycles. The second-order valence-electron chi connectivity index (χ2n) is 5.04. The molecule has 2 aromatic rings. The third-order valence-corrected chi connectivity index (χ3v) is 4.30. The molecule has 1 heterocycles.